The number of rotatable bonds is 2. The van der Waals surface area contributed by atoms with Crippen LogP contribution in [0.4, 0.5) is 5.82 Å². The van der Waals surface area contributed by atoms with Gasteiger partial charge in [0.15, 0.2) is 5.82 Å². The third kappa shape index (κ3) is 2.53. The number of nitrogens with zero attached hydrogens (tertiary/aromatic N) is 5. The van der Waals surface area contributed by atoms with Gasteiger partial charge in [0.2, 0.25) is 0 Å². The van der Waals surface area contributed by atoms with Crippen molar-refractivity contribution in [2.75, 3.05) is 18.0 Å². The van der Waals surface area contributed by atoms with Gasteiger partial charge in [-0.05, 0) is 38.7 Å². The van der Waals surface area contributed by atoms with Crippen LogP contribution in [0.2, 0.25) is 0 Å². The quantitative estimate of drug-likeness (QED) is 0.842. The highest BCUT2D eigenvalue weighted by Crippen LogP contribution is 2.22. The Bertz CT molecular complexity index is 596. The summed E-state index contributed by atoms with van der Waals surface area (Å²) in [5.74, 6) is 2.68. The van der Waals surface area contributed by atoms with E-state index in [1.54, 1.807) is 6.33 Å². The fourth-order valence-corrected chi connectivity index (χ4v) is 2.72. The third-order valence-electron chi connectivity index (χ3n) is 3.97. The summed E-state index contributed by atoms with van der Waals surface area (Å²) >= 11 is 0. The molecule has 1 aliphatic heterocycles. The molecule has 0 amide bonds. The molecule has 1 fully saturated rings. The maximum atomic E-state index is 4.49. The Hall–Kier alpha value is -1.91. The molecule has 3 heterocycles. The highest BCUT2D eigenvalue weighted by molar-refractivity contribution is 5.44. The Kier molecular flexibility index (Phi) is 3.42. The molecule has 0 spiro atoms. The molecule has 0 atom stereocenters. The molecule has 5 nitrogen and oxygen atoms in total. The van der Waals surface area contributed by atoms with E-state index < -0.39 is 0 Å². The Labute approximate surface area is 119 Å². The van der Waals surface area contributed by atoms with Crippen LogP contribution in [-0.2, 0) is 0 Å². The zero-order valence-electron chi connectivity index (χ0n) is 12.4. The number of aryl methyl sites for hydroxylation is 2. The third-order valence-corrected chi connectivity index (χ3v) is 3.97. The first kappa shape index (κ1) is 13.1. The second-order valence-corrected chi connectivity index (χ2v) is 5.74. The minimum Gasteiger partial charge on any atom is -0.356 e. The number of piperidine rings is 1. The molecule has 106 valence electrons. The summed E-state index contributed by atoms with van der Waals surface area (Å²) in [5.41, 5.74) is 2.11. The lowest BCUT2D eigenvalue weighted by Crippen LogP contribution is -2.33. The molecule has 5 heteroatoms. The van der Waals surface area contributed by atoms with Crippen molar-refractivity contribution in [3.63, 3.8) is 0 Å². The molecule has 3 rings (SSSR count). The van der Waals surface area contributed by atoms with Crippen LogP contribution in [0.3, 0.4) is 0 Å². The van der Waals surface area contributed by atoms with Crippen molar-refractivity contribution in [3.05, 3.63) is 29.8 Å². The van der Waals surface area contributed by atoms with Crippen LogP contribution >= 0.6 is 0 Å². The van der Waals surface area contributed by atoms with Gasteiger partial charge in [0.1, 0.15) is 12.1 Å². The fraction of sp³-hybridized carbons (Fsp3) is 0.533. The summed E-state index contributed by atoms with van der Waals surface area (Å²) < 4.78 is 1.88. The second kappa shape index (κ2) is 5.23. The van der Waals surface area contributed by atoms with E-state index in [1.807, 2.05) is 24.6 Å². The van der Waals surface area contributed by atoms with Gasteiger partial charge in [-0.1, -0.05) is 6.92 Å². The zero-order valence-corrected chi connectivity index (χ0v) is 12.4. The van der Waals surface area contributed by atoms with Crippen LogP contribution in [0.25, 0.3) is 5.82 Å². The predicted molar refractivity (Wildman–Crippen MR) is 79.2 cm³/mol. The largest absolute Gasteiger partial charge is 0.356 e. The van der Waals surface area contributed by atoms with E-state index >= 15 is 0 Å². The monoisotopic (exact) mass is 271 g/mol. The van der Waals surface area contributed by atoms with Crippen LogP contribution in [-0.4, -0.2) is 32.8 Å². The molecule has 0 aliphatic carbocycles. The van der Waals surface area contributed by atoms with Crippen molar-refractivity contribution in [1.29, 1.82) is 0 Å². The Morgan fingerprint density at radius 3 is 2.40 bits per heavy atom. The Balaban J connectivity index is 1.88. The lowest BCUT2D eigenvalue weighted by Gasteiger charge is -2.31. The molecule has 0 unspecified atom stereocenters. The highest BCUT2D eigenvalue weighted by atomic mass is 15.3. The normalized spacial score (nSPS) is 16.6. The van der Waals surface area contributed by atoms with Gasteiger partial charge in [0, 0.05) is 24.8 Å². The number of hydrogen-bond donors (Lipinski definition) is 0. The van der Waals surface area contributed by atoms with E-state index in [0.717, 1.165) is 42.0 Å². The van der Waals surface area contributed by atoms with Crippen molar-refractivity contribution >= 4 is 5.82 Å². The van der Waals surface area contributed by atoms with Crippen LogP contribution in [0.15, 0.2) is 18.5 Å². The van der Waals surface area contributed by atoms with Crippen molar-refractivity contribution in [3.8, 4) is 5.82 Å². The minimum absolute atomic E-state index is 0.823. The molecule has 20 heavy (non-hydrogen) atoms. The van der Waals surface area contributed by atoms with Gasteiger partial charge in [0.05, 0.1) is 5.69 Å². The number of aromatic nitrogens is 4. The summed E-state index contributed by atoms with van der Waals surface area (Å²) in [6.45, 7) is 8.52. The molecular weight excluding hydrogens is 250 g/mol. The van der Waals surface area contributed by atoms with E-state index in [2.05, 4.69) is 33.0 Å². The zero-order chi connectivity index (χ0) is 14.1. The molecule has 0 N–H and O–H groups in total. The maximum Gasteiger partial charge on any atom is 0.159 e. The van der Waals surface area contributed by atoms with E-state index in [0.29, 0.717) is 0 Å². The van der Waals surface area contributed by atoms with Crippen molar-refractivity contribution in [2.24, 2.45) is 5.92 Å². The van der Waals surface area contributed by atoms with Gasteiger partial charge < -0.3 is 4.90 Å². The average Bonchev–Trinajstić information content (AvgIpc) is 2.79. The fourth-order valence-electron chi connectivity index (χ4n) is 2.72. The van der Waals surface area contributed by atoms with Gasteiger partial charge >= 0.3 is 0 Å². The number of anilines is 1. The van der Waals surface area contributed by atoms with Crippen molar-refractivity contribution in [1.82, 2.24) is 19.7 Å². The number of hydrogen-bond acceptors (Lipinski definition) is 4. The lowest BCUT2D eigenvalue weighted by molar-refractivity contribution is 0.436. The molecule has 1 aliphatic rings. The molecule has 0 saturated carbocycles. The molecular formula is C15H21N5. The minimum atomic E-state index is 0.823. The smallest absolute Gasteiger partial charge is 0.159 e. The first-order valence-corrected chi connectivity index (χ1v) is 7.24. The second-order valence-electron chi connectivity index (χ2n) is 5.74. The average molecular weight is 271 g/mol. The summed E-state index contributed by atoms with van der Waals surface area (Å²) in [6, 6.07) is 4.10. The van der Waals surface area contributed by atoms with E-state index in [-0.39, 0.29) is 0 Å². The lowest BCUT2D eigenvalue weighted by atomic mass is 9.99. The van der Waals surface area contributed by atoms with Gasteiger partial charge in [-0.2, -0.15) is 5.10 Å². The van der Waals surface area contributed by atoms with Crippen LogP contribution in [0.5, 0.6) is 0 Å². The van der Waals surface area contributed by atoms with Crippen LogP contribution < -0.4 is 4.90 Å². The molecule has 0 bridgehead atoms. The molecule has 2 aromatic rings. The van der Waals surface area contributed by atoms with E-state index in [1.165, 1.54) is 12.8 Å². The molecule has 1 saturated heterocycles. The SMILES string of the molecule is Cc1cc(C)n(-c2cc(N3CCC(C)CC3)ncn2)n1. The van der Waals surface area contributed by atoms with Gasteiger partial charge in [-0.3, -0.25) is 0 Å². The summed E-state index contributed by atoms with van der Waals surface area (Å²) in [6.07, 6.45) is 4.11. The first-order chi connectivity index (χ1) is 9.63. The molecule has 0 aromatic carbocycles. The Morgan fingerprint density at radius 2 is 1.75 bits per heavy atom. The van der Waals surface area contributed by atoms with Gasteiger partial charge in [-0.25, -0.2) is 14.6 Å². The summed E-state index contributed by atoms with van der Waals surface area (Å²) in [5, 5.41) is 4.49. The first-order valence-electron chi connectivity index (χ1n) is 7.24. The Morgan fingerprint density at radius 1 is 1.05 bits per heavy atom. The molecule has 0 radical (unpaired) electrons. The highest BCUT2D eigenvalue weighted by Gasteiger charge is 2.17. The van der Waals surface area contributed by atoms with E-state index in [9.17, 15) is 0 Å². The van der Waals surface area contributed by atoms with Crippen LogP contribution in [0.1, 0.15) is 31.2 Å². The maximum absolute atomic E-state index is 4.49. The van der Waals surface area contributed by atoms with Crippen molar-refractivity contribution in [2.45, 2.75) is 33.6 Å². The van der Waals surface area contributed by atoms with Crippen LogP contribution in [0, 0.1) is 19.8 Å². The summed E-state index contributed by atoms with van der Waals surface area (Å²) in [7, 11) is 0. The summed E-state index contributed by atoms with van der Waals surface area (Å²) in [4.78, 5) is 11.1. The standard InChI is InChI=1S/C15H21N5/c1-11-4-6-19(7-5-11)14-9-15(17-10-16-14)20-13(3)8-12(2)18-20/h8-11H,4-7H2,1-3H3. The van der Waals surface area contributed by atoms with Gasteiger partial charge in [0.25, 0.3) is 0 Å². The topological polar surface area (TPSA) is 46.8 Å². The van der Waals surface area contributed by atoms with E-state index in [4.69, 9.17) is 0 Å². The van der Waals surface area contributed by atoms with Crippen molar-refractivity contribution < 1.29 is 0 Å². The molecule has 2 aromatic heterocycles. The van der Waals surface area contributed by atoms with Gasteiger partial charge in [-0.15, -0.1) is 0 Å². The predicted octanol–water partition coefficient (Wildman–Crippen LogP) is 2.52.